The number of aliphatic imine (C=N–C) groups is 1. The second-order valence-electron chi connectivity index (χ2n) is 7.09. The minimum Gasteiger partial charge on any atom is -0.487 e. The fraction of sp³-hybridized carbons (Fsp3) is 0.632. The van der Waals surface area contributed by atoms with Crippen LogP contribution in [0.5, 0.6) is 5.75 Å². The molecule has 1 fully saturated rings. The third-order valence-corrected chi connectivity index (χ3v) is 4.37. The number of guanidine groups is 1. The molecule has 2 unspecified atom stereocenters. The molecule has 2 aliphatic rings. The number of halogens is 1. The van der Waals surface area contributed by atoms with Crippen molar-refractivity contribution < 1.29 is 14.2 Å². The van der Waals surface area contributed by atoms with Crippen LogP contribution in [0, 0.1) is 0 Å². The summed E-state index contributed by atoms with van der Waals surface area (Å²) >= 11 is 0. The van der Waals surface area contributed by atoms with Gasteiger partial charge in [0.1, 0.15) is 17.5 Å². The Morgan fingerprint density at radius 1 is 1.27 bits per heavy atom. The highest BCUT2D eigenvalue weighted by molar-refractivity contribution is 14.0. The van der Waals surface area contributed by atoms with Crippen LogP contribution in [0.15, 0.2) is 29.3 Å². The smallest absolute Gasteiger partial charge is 0.191 e. The van der Waals surface area contributed by atoms with Gasteiger partial charge in [-0.25, -0.2) is 0 Å². The van der Waals surface area contributed by atoms with Gasteiger partial charge in [-0.15, -0.1) is 24.0 Å². The third-order valence-electron chi connectivity index (χ3n) is 4.37. The van der Waals surface area contributed by atoms with Crippen LogP contribution in [0.2, 0.25) is 0 Å². The van der Waals surface area contributed by atoms with E-state index in [0.717, 1.165) is 24.7 Å². The van der Waals surface area contributed by atoms with E-state index in [0.29, 0.717) is 26.4 Å². The maximum absolute atomic E-state index is 6.11. The molecule has 0 spiro atoms. The SMILES string of the molecule is CCNC(=NCC1COCCO1)NC1CC(C)(C)Oc2ccccc21.I. The first-order valence-electron chi connectivity index (χ1n) is 9.09. The highest BCUT2D eigenvalue weighted by atomic mass is 127. The maximum Gasteiger partial charge on any atom is 0.191 e. The first-order chi connectivity index (χ1) is 12.1. The van der Waals surface area contributed by atoms with Gasteiger partial charge >= 0.3 is 0 Å². The highest BCUT2D eigenvalue weighted by Gasteiger charge is 2.34. The van der Waals surface area contributed by atoms with Crippen molar-refractivity contribution in [3.05, 3.63) is 29.8 Å². The van der Waals surface area contributed by atoms with Crippen LogP contribution in [0.1, 0.15) is 38.8 Å². The number of fused-ring (bicyclic) bond motifs is 1. The summed E-state index contributed by atoms with van der Waals surface area (Å²) in [4.78, 5) is 4.70. The minimum absolute atomic E-state index is 0. The van der Waals surface area contributed by atoms with Gasteiger partial charge in [-0.05, 0) is 26.8 Å². The molecule has 0 aliphatic carbocycles. The second-order valence-corrected chi connectivity index (χ2v) is 7.09. The van der Waals surface area contributed by atoms with Crippen LogP contribution in [0.25, 0.3) is 0 Å². The van der Waals surface area contributed by atoms with Gasteiger partial charge in [-0.2, -0.15) is 0 Å². The summed E-state index contributed by atoms with van der Waals surface area (Å²) in [5.41, 5.74) is 0.952. The minimum atomic E-state index is -0.219. The average Bonchev–Trinajstić information content (AvgIpc) is 2.60. The molecule has 3 rings (SSSR count). The van der Waals surface area contributed by atoms with Crippen LogP contribution in [-0.4, -0.2) is 50.6 Å². The molecule has 0 saturated carbocycles. The molecule has 2 atom stereocenters. The summed E-state index contributed by atoms with van der Waals surface area (Å²) in [7, 11) is 0. The zero-order valence-corrected chi connectivity index (χ0v) is 18.1. The van der Waals surface area contributed by atoms with Gasteiger partial charge in [0.2, 0.25) is 0 Å². The van der Waals surface area contributed by atoms with Crippen LogP contribution in [-0.2, 0) is 9.47 Å². The average molecular weight is 475 g/mol. The van der Waals surface area contributed by atoms with Crippen LogP contribution >= 0.6 is 24.0 Å². The molecule has 1 aromatic rings. The molecule has 7 heteroatoms. The fourth-order valence-electron chi connectivity index (χ4n) is 3.25. The first kappa shape index (κ1) is 21.2. The van der Waals surface area contributed by atoms with E-state index in [1.165, 1.54) is 5.56 Å². The molecule has 26 heavy (non-hydrogen) atoms. The van der Waals surface area contributed by atoms with E-state index in [9.17, 15) is 0 Å². The molecule has 0 amide bonds. The molecule has 0 bridgehead atoms. The summed E-state index contributed by atoms with van der Waals surface area (Å²) in [6, 6.07) is 8.36. The summed E-state index contributed by atoms with van der Waals surface area (Å²) in [6.07, 6.45) is 0.903. The van der Waals surface area contributed by atoms with E-state index in [1.54, 1.807) is 0 Å². The van der Waals surface area contributed by atoms with E-state index in [4.69, 9.17) is 19.2 Å². The van der Waals surface area contributed by atoms with Crippen molar-refractivity contribution in [2.75, 3.05) is 32.9 Å². The Labute approximate surface area is 173 Å². The van der Waals surface area contributed by atoms with Crippen LogP contribution < -0.4 is 15.4 Å². The van der Waals surface area contributed by atoms with Gasteiger partial charge in [0.15, 0.2) is 5.96 Å². The molecule has 1 saturated heterocycles. The Hall–Kier alpha value is -1.06. The number of ether oxygens (including phenoxy) is 3. The van der Waals surface area contributed by atoms with Crippen molar-refractivity contribution >= 4 is 29.9 Å². The number of hydrogen-bond donors (Lipinski definition) is 2. The lowest BCUT2D eigenvalue weighted by Gasteiger charge is -2.38. The predicted octanol–water partition coefficient (Wildman–Crippen LogP) is 2.88. The molecule has 6 nitrogen and oxygen atoms in total. The number of benzene rings is 1. The monoisotopic (exact) mass is 475 g/mol. The molecule has 0 radical (unpaired) electrons. The van der Waals surface area contributed by atoms with E-state index in [1.807, 2.05) is 18.2 Å². The number of hydrogen-bond acceptors (Lipinski definition) is 4. The second kappa shape index (κ2) is 9.75. The lowest BCUT2D eigenvalue weighted by molar-refractivity contribution is -0.0833. The number of nitrogens with zero attached hydrogens (tertiary/aromatic N) is 1. The lowest BCUT2D eigenvalue weighted by Crippen LogP contribution is -2.45. The van der Waals surface area contributed by atoms with Gasteiger partial charge < -0.3 is 24.8 Å². The quantitative estimate of drug-likeness (QED) is 0.399. The first-order valence-corrected chi connectivity index (χ1v) is 9.09. The van der Waals surface area contributed by atoms with Gasteiger partial charge in [0.25, 0.3) is 0 Å². The number of para-hydroxylation sites is 1. The van der Waals surface area contributed by atoms with Crippen molar-refractivity contribution in [1.29, 1.82) is 0 Å². The summed E-state index contributed by atoms with van der Waals surface area (Å²) in [5.74, 6) is 1.74. The highest BCUT2D eigenvalue weighted by Crippen LogP contribution is 2.39. The molecule has 0 aromatic heterocycles. The molecular weight excluding hydrogens is 445 g/mol. The standard InChI is InChI=1S/C19H29N3O3.HI/c1-4-20-18(21-12-14-13-23-9-10-24-14)22-16-11-19(2,3)25-17-8-6-5-7-15(16)17;/h5-8,14,16H,4,9-13H2,1-3H3,(H2,20,21,22);1H. The van der Waals surface area contributed by atoms with Crippen LogP contribution in [0.3, 0.4) is 0 Å². The van der Waals surface area contributed by atoms with Crippen molar-refractivity contribution in [2.24, 2.45) is 4.99 Å². The Morgan fingerprint density at radius 3 is 2.81 bits per heavy atom. The van der Waals surface area contributed by atoms with Crippen molar-refractivity contribution in [1.82, 2.24) is 10.6 Å². The molecule has 2 N–H and O–H groups in total. The summed E-state index contributed by atoms with van der Waals surface area (Å²) in [5, 5.41) is 6.90. The fourth-order valence-corrected chi connectivity index (χ4v) is 3.25. The molecule has 2 heterocycles. The summed E-state index contributed by atoms with van der Waals surface area (Å²) in [6.45, 7) is 9.63. The number of nitrogens with one attached hydrogen (secondary N) is 2. The predicted molar refractivity (Wildman–Crippen MR) is 114 cm³/mol. The molecule has 1 aromatic carbocycles. The van der Waals surface area contributed by atoms with Gasteiger partial charge in [-0.3, -0.25) is 4.99 Å². The molecule has 2 aliphatic heterocycles. The van der Waals surface area contributed by atoms with Gasteiger partial charge in [-0.1, -0.05) is 18.2 Å². The van der Waals surface area contributed by atoms with Gasteiger partial charge in [0, 0.05) is 18.5 Å². The largest absolute Gasteiger partial charge is 0.487 e. The van der Waals surface area contributed by atoms with Crippen molar-refractivity contribution in [2.45, 2.75) is 44.9 Å². The summed E-state index contributed by atoms with van der Waals surface area (Å²) < 4.78 is 17.2. The zero-order chi connectivity index (χ0) is 17.7. The van der Waals surface area contributed by atoms with E-state index in [2.05, 4.69) is 37.5 Å². The van der Waals surface area contributed by atoms with Crippen LogP contribution in [0.4, 0.5) is 0 Å². The van der Waals surface area contributed by atoms with Gasteiger partial charge in [0.05, 0.1) is 32.4 Å². The zero-order valence-electron chi connectivity index (χ0n) is 15.8. The Bertz CT molecular complexity index is 603. The molecular formula is C19H30IN3O3. The van der Waals surface area contributed by atoms with E-state index in [-0.39, 0.29) is 41.7 Å². The Kier molecular flexibility index (Phi) is 7.97. The Morgan fingerprint density at radius 2 is 2.08 bits per heavy atom. The third kappa shape index (κ3) is 5.72. The topological polar surface area (TPSA) is 64.1 Å². The molecule has 146 valence electrons. The normalized spacial score (nSPS) is 24.7. The lowest BCUT2D eigenvalue weighted by atomic mass is 9.90. The maximum atomic E-state index is 6.11. The van der Waals surface area contributed by atoms with E-state index >= 15 is 0 Å². The van der Waals surface area contributed by atoms with Crippen molar-refractivity contribution in [3.63, 3.8) is 0 Å². The van der Waals surface area contributed by atoms with E-state index < -0.39 is 0 Å². The Balaban J connectivity index is 0.00000243. The number of rotatable bonds is 4. The van der Waals surface area contributed by atoms with Crippen molar-refractivity contribution in [3.8, 4) is 5.75 Å².